The Balaban J connectivity index is 2.35. The molecule has 1 aromatic carbocycles. The highest BCUT2D eigenvalue weighted by molar-refractivity contribution is 5.94. The Hall–Kier alpha value is -2.82. The van der Waals surface area contributed by atoms with Crippen molar-refractivity contribution in [3.05, 3.63) is 52.6 Å². The third kappa shape index (κ3) is 2.97. The molecule has 0 bridgehead atoms. The van der Waals surface area contributed by atoms with Crippen LogP contribution in [0, 0.1) is 0 Å². The summed E-state index contributed by atoms with van der Waals surface area (Å²) in [5.74, 6) is 1.56. The van der Waals surface area contributed by atoms with Crippen LogP contribution >= 0.6 is 0 Å². The molecule has 0 aliphatic carbocycles. The molecule has 5 heteroatoms. The van der Waals surface area contributed by atoms with E-state index in [1.165, 1.54) is 0 Å². The summed E-state index contributed by atoms with van der Waals surface area (Å²) in [6.45, 7) is 2.13. The quantitative estimate of drug-likeness (QED) is 0.714. The number of hydrogen-bond acceptors (Lipinski definition) is 4. The predicted molar refractivity (Wildman–Crippen MR) is 99.5 cm³/mol. The molecule has 3 aromatic rings. The maximum Gasteiger partial charge on any atom is 0.259 e. The van der Waals surface area contributed by atoms with E-state index in [9.17, 15) is 4.79 Å². The molecule has 0 N–H and O–H groups in total. The molecule has 0 atom stereocenters. The van der Waals surface area contributed by atoms with Crippen molar-refractivity contribution in [2.24, 2.45) is 7.05 Å². The number of benzene rings is 1. The predicted octanol–water partition coefficient (Wildman–Crippen LogP) is 3.57. The zero-order valence-corrected chi connectivity index (χ0v) is 15.0. The van der Waals surface area contributed by atoms with Gasteiger partial charge in [0.1, 0.15) is 11.5 Å². The van der Waals surface area contributed by atoms with Crippen LogP contribution in [-0.4, -0.2) is 23.8 Å². The topological polar surface area (TPSA) is 53.4 Å². The number of aromatic nitrogens is 2. The molecular formula is C20H22N2O3. The Kier molecular flexibility index (Phi) is 4.74. The fourth-order valence-corrected chi connectivity index (χ4v) is 3.13. The average molecular weight is 338 g/mol. The summed E-state index contributed by atoms with van der Waals surface area (Å²) < 4.78 is 12.8. The van der Waals surface area contributed by atoms with Crippen molar-refractivity contribution in [3.8, 4) is 22.6 Å². The van der Waals surface area contributed by atoms with Crippen LogP contribution in [0.1, 0.15) is 18.9 Å². The van der Waals surface area contributed by atoms with Crippen LogP contribution in [0.2, 0.25) is 0 Å². The first-order valence-electron chi connectivity index (χ1n) is 8.30. The van der Waals surface area contributed by atoms with E-state index in [2.05, 4.69) is 11.9 Å². The maximum atomic E-state index is 12.4. The van der Waals surface area contributed by atoms with Crippen LogP contribution < -0.4 is 15.0 Å². The minimum Gasteiger partial charge on any atom is -0.496 e. The van der Waals surface area contributed by atoms with Crippen molar-refractivity contribution >= 4 is 10.9 Å². The molecule has 0 fully saturated rings. The van der Waals surface area contributed by atoms with Crippen LogP contribution in [-0.2, 0) is 13.5 Å². The number of pyridine rings is 2. The summed E-state index contributed by atoms with van der Waals surface area (Å²) in [4.78, 5) is 16.8. The van der Waals surface area contributed by atoms with Gasteiger partial charge in [0, 0.05) is 30.6 Å². The summed E-state index contributed by atoms with van der Waals surface area (Å²) in [6.07, 6.45) is 5.42. The maximum absolute atomic E-state index is 12.4. The molecule has 0 spiro atoms. The van der Waals surface area contributed by atoms with Crippen molar-refractivity contribution in [2.45, 2.75) is 19.8 Å². The highest BCUT2D eigenvalue weighted by atomic mass is 16.5. The van der Waals surface area contributed by atoms with Gasteiger partial charge in [-0.05, 0) is 36.2 Å². The van der Waals surface area contributed by atoms with E-state index in [1.807, 2.05) is 12.1 Å². The van der Waals surface area contributed by atoms with E-state index in [1.54, 1.807) is 50.4 Å². The Morgan fingerprint density at radius 3 is 2.56 bits per heavy atom. The number of hydrogen-bond donors (Lipinski definition) is 0. The molecule has 3 rings (SSSR count). The van der Waals surface area contributed by atoms with Gasteiger partial charge < -0.3 is 14.0 Å². The standard InChI is InChI=1S/C20H22N2O3/c1-5-7-13-10-18(25-4)15(11-17(13)24-3)16-12-22(2)20(23)14-8-6-9-21-19(14)16/h6,8-12H,5,7H2,1-4H3. The molecule has 0 amide bonds. The van der Waals surface area contributed by atoms with Crippen molar-refractivity contribution in [1.29, 1.82) is 0 Å². The molecule has 130 valence electrons. The van der Waals surface area contributed by atoms with Crippen molar-refractivity contribution in [2.75, 3.05) is 14.2 Å². The smallest absolute Gasteiger partial charge is 0.259 e. The van der Waals surface area contributed by atoms with Crippen LogP contribution in [0.5, 0.6) is 11.5 Å². The average Bonchev–Trinajstić information content (AvgIpc) is 2.64. The monoisotopic (exact) mass is 338 g/mol. The van der Waals surface area contributed by atoms with Gasteiger partial charge in [0.25, 0.3) is 5.56 Å². The number of aryl methyl sites for hydroxylation is 2. The first kappa shape index (κ1) is 17.0. The summed E-state index contributed by atoms with van der Waals surface area (Å²) >= 11 is 0. The first-order chi connectivity index (χ1) is 12.1. The van der Waals surface area contributed by atoms with E-state index in [-0.39, 0.29) is 5.56 Å². The summed E-state index contributed by atoms with van der Waals surface area (Å²) in [7, 11) is 5.06. The number of methoxy groups -OCH3 is 2. The first-order valence-corrected chi connectivity index (χ1v) is 8.30. The van der Waals surface area contributed by atoms with Crippen LogP contribution in [0.3, 0.4) is 0 Å². The molecule has 2 aromatic heterocycles. The van der Waals surface area contributed by atoms with Crippen LogP contribution in [0.4, 0.5) is 0 Å². The van der Waals surface area contributed by atoms with Crippen molar-refractivity contribution < 1.29 is 9.47 Å². The lowest BCUT2D eigenvalue weighted by atomic mass is 9.99. The Labute approximate surface area is 146 Å². The summed E-state index contributed by atoms with van der Waals surface area (Å²) in [6, 6.07) is 7.55. The fraction of sp³-hybridized carbons (Fsp3) is 0.300. The number of ether oxygens (including phenoxy) is 2. The van der Waals surface area contributed by atoms with Gasteiger partial charge >= 0.3 is 0 Å². The number of rotatable bonds is 5. The van der Waals surface area contributed by atoms with Gasteiger partial charge in [-0.2, -0.15) is 0 Å². The van der Waals surface area contributed by atoms with E-state index < -0.39 is 0 Å². The number of fused-ring (bicyclic) bond motifs is 1. The molecule has 0 radical (unpaired) electrons. The van der Waals surface area contributed by atoms with Gasteiger partial charge in [-0.15, -0.1) is 0 Å². The van der Waals surface area contributed by atoms with Gasteiger partial charge in [-0.3, -0.25) is 9.78 Å². The zero-order chi connectivity index (χ0) is 18.0. The molecule has 0 saturated carbocycles. The van der Waals surface area contributed by atoms with Gasteiger partial charge in [-0.1, -0.05) is 13.3 Å². The third-order valence-corrected chi connectivity index (χ3v) is 4.35. The van der Waals surface area contributed by atoms with Gasteiger partial charge in [0.2, 0.25) is 0 Å². The molecule has 0 saturated heterocycles. The second kappa shape index (κ2) is 6.97. The lowest BCUT2D eigenvalue weighted by Gasteiger charge is -2.16. The largest absolute Gasteiger partial charge is 0.496 e. The van der Waals surface area contributed by atoms with E-state index in [0.29, 0.717) is 10.9 Å². The highest BCUT2D eigenvalue weighted by Gasteiger charge is 2.17. The van der Waals surface area contributed by atoms with Gasteiger partial charge in [0.15, 0.2) is 0 Å². The van der Waals surface area contributed by atoms with Crippen LogP contribution in [0.15, 0.2) is 41.5 Å². The molecule has 25 heavy (non-hydrogen) atoms. The summed E-state index contributed by atoms with van der Waals surface area (Å²) in [5.41, 5.74) is 3.40. The molecule has 5 nitrogen and oxygen atoms in total. The minimum absolute atomic E-state index is 0.0691. The third-order valence-electron chi connectivity index (χ3n) is 4.35. The normalized spacial score (nSPS) is 10.9. The van der Waals surface area contributed by atoms with E-state index in [0.717, 1.165) is 41.0 Å². The zero-order valence-electron chi connectivity index (χ0n) is 15.0. The highest BCUT2D eigenvalue weighted by Crippen LogP contribution is 2.38. The SMILES string of the molecule is CCCc1cc(OC)c(-c2cn(C)c(=O)c3cccnc23)cc1OC. The van der Waals surface area contributed by atoms with Gasteiger partial charge in [0.05, 0.1) is 25.1 Å². The Morgan fingerprint density at radius 1 is 1.12 bits per heavy atom. The molecule has 0 aliphatic rings. The fourth-order valence-electron chi connectivity index (χ4n) is 3.13. The van der Waals surface area contributed by atoms with Crippen molar-refractivity contribution in [3.63, 3.8) is 0 Å². The summed E-state index contributed by atoms with van der Waals surface area (Å²) in [5, 5.41) is 0.584. The second-order valence-corrected chi connectivity index (χ2v) is 5.97. The van der Waals surface area contributed by atoms with E-state index in [4.69, 9.17) is 9.47 Å². The lowest BCUT2D eigenvalue weighted by Crippen LogP contribution is -2.17. The molecule has 2 heterocycles. The molecular weight excluding hydrogens is 316 g/mol. The molecule has 0 aliphatic heterocycles. The lowest BCUT2D eigenvalue weighted by molar-refractivity contribution is 0.399. The van der Waals surface area contributed by atoms with Crippen molar-refractivity contribution in [1.82, 2.24) is 9.55 Å². The van der Waals surface area contributed by atoms with E-state index >= 15 is 0 Å². The Morgan fingerprint density at radius 2 is 1.88 bits per heavy atom. The minimum atomic E-state index is -0.0691. The van der Waals surface area contributed by atoms with Crippen LogP contribution in [0.25, 0.3) is 22.0 Å². The Bertz CT molecular complexity index is 977. The van der Waals surface area contributed by atoms with Gasteiger partial charge in [-0.25, -0.2) is 0 Å². The molecule has 0 unspecified atom stereocenters. The second-order valence-electron chi connectivity index (χ2n) is 5.97. The number of nitrogens with zero attached hydrogens (tertiary/aromatic N) is 2.